The van der Waals surface area contributed by atoms with Crippen LogP contribution >= 0.6 is 0 Å². The van der Waals surface area contributed by atoms with Crippen LogP contribution in [0.1, 0.15) is 213 Å². The summed E-state index contributed by atoms with van der Waals surface area (Å²) in [4.78, 5) is 26.9. The van der Waals surface area contributed by atoms with Gasteiger partial charge in [-0.3, -0.25) is 14.5 Å². The van der Waals surface area contributed by atoms with Crippen molar-refractivity contribution in [2.75, 3.05) is 52.7 Å². The van der Waals surface area contributed by atoms with Crippen molar-refractivity contribution in [2.45, 2.75) is 219 Å². The van der Waals surface area contributed by atoms with Crippen molar-refractivity contribution in [1.82, 2.24) is 4.90 Å². The van der Waals surface area contributed by atoms with Crippen LogP contribution in [0.2, 0.25) is 0 Å². The van der Waals surface area contributed by atoms with E-state index in [0.29, 0.717) is 44.0 Å². The van der Waals surface area contributed by atoms with Gasteiger partial charge in [0.05, 0.1) is 32.5 Å². The van der Waals surface area contributed by atoms with Gasteiger partial charge in [-0.15, -0.1) is 0 Å². The van der Waals surface area contributed by atoms with E-state index in [0.717, 1.165) is 90.8 Å². The highest BCUT2D eigenvalue weighted by atomic mass is 16.5. The van der Waals surface area contributed by atoms with Crippen LogP contribution in [0, 0.1) is 11.8 Å². The van der Waals surface area contributed by atoms with Gasteiger partial charge in [-0.2, -0.15) is 0 Å². The molecule has 336 valence electrons. The Balaban J connectivity index is 2.19. The second kappa shape index (κ2) is 41.6. The summed E-state index contributed by atoms with van der Waals surface area (Å²) in [6.07, 6.45) is 36.3. The van der Waals surface area contributed by atoms with Crippen molar-refractivity contribution in [3.63, 3.8) is 0 Å². The largest absolute Gasteiger partial charge is 0.466 e. The topological polar surface area (TPSA) is 74.3 Å². The Morgan fingerprint density at radius 3 is 1.71 bits per heavy atom. The number of unbranched alkanes of at least 4 members (excludes halogenated alkanes) is 17. The summed E-state index contributed by atoms with van der Waals surface area (Å²) >= 11 is 0. The molecular formula is C51H91NO6. The zero-order chi connectivity index (χ0) is 42.0. The van der Waals surface area contributed by atoms with Crippen LogP contribution in [0.25, 0.3) is 0 Å². The summed E-state index contributed by atoms with van der Waals surface area (Å²) in [7, 11) is 0. The van der Waals surface area contributed by atoms with Crippen molar-refractivity contribution >= 4 is 11.9 Å². The number of ether oxygens (including phenoxy) is 4. The van der Waals surface area contributed by atoms with Crippen molar-refractivity contribution in [3.8, 4) is 0 Å². The third-order valence-electron chi connectivity index (χ3n) is 11.7. The lowest BCUT2D eigenvalue weighted by molar-refractivity contribution is -0.145. The van der Waals surface area contributed by atoms with Gasteiger partial charge in [0, 0.05) is 32.5 Å². The lowest BCUT2D eigenvalue weighted by atomic mass is 9.98. The van der Waals surface area contributed by atoms with Gasteiger partial charge < -0.3 is 18.9 Å². The Morgan fingerprint density at radius 2 is 1.14 bits per heavy atom. The van der Waals surface area contributed by atoms with Gasteiger partial charge in [-0.25, -0.2) is 0 Å². The van der Waals surface area contributed by atoms with Crippen LogP contribution in [-0.4, -0.2) is 75.6 Å². The van der Waals surface area contributed by atoms with Crippen molar-refractivity contribution in [2.24, 2.45) is 11.8 Å². The number of esters is 2. The highest BCUT2D eigenvalue weighted by Gasteiger charge is 2.13. The lowest BCUT2D eigenvalue weighted by Gasteiger charge is -2.26. The zero-order valence-corrected chi connectivity index (χ0v) is 38.3. The molecule has 0 bridgehead atoms. The highest BCUT2D eigenvalue weighted by molar-refractivity contribution is 5.69. The van der Waals surface area contributed by atoms with Gasteiger partial charge in [0.1, 0.15) is 0 Å². The molecule has 1 aliphatic rings. The van der Waals surface area contributed by atoms with Gasteiger partial charge in [0.25, 0.3) is 0 Å². The van der Waals surface area contributed by atoms with Crippen LogP contribution in [0.15, 0.2) is 29.8 Å². The molecule has 0 amide bonds. The van der Waals surface area contributed by atoms with Gasteiger partial charge >= 0.3 is 11.9 Å². The first-order chi connectivity index (χ1) is 28.5. The highest BCUT2D eigenvalue weighted by Crippen LogP contribution is 2.19. The fourth-order valence-electron chi connectivity index (χ4n) is 7.78. The first-order valence-corrected chi connectivity index (χ1v) is 24.6. The summed E-state index contributed by atoms with van der Waals surface area (Å²) in [5.74, 6) is 0.924. The molecule has 0 radical (unpaired) electrons. The molecule has 0 aliphatic carbocycles. The average Bonchev–Trinajstić information content (AvgIpc) is 3.22. The van der Waals surface area contributed by atoms with E-state index >= 15 is 0 Å². The van der Waals surface area contributed by atoms with Crippen LogP contribution in [0.4, 0.5) is 0 Å². The minimum Gasteiger partial charge on any atom is -0.466 e. The second-order valence-corrected chi connectivity index (χ2v) is 17.2. The Labute approximate surface area is 358 Å². The number of rotatable bonds is 41. The van der Waals surface area contributed by atoms with E-state index in [1.165, 1.54) is 128 Å². The van der Waals surface area contributed by atoms with Crippen molar-refractivity contribution < 1.29 is 28.5 Å². The summed E-state index contributed by atoms with van der Waals surface area (Å²) in [5, 5.41) is 0. The van der Waals surface area contributed by atoms with Gasteiger partial charge in [0.2, 0.25) is 0 Å². The van der Waals surface area contributed by atoms with Crippen LogP contribution in [0.3, 0.4) is 0 Å². The van der Waals surface area contributed by atoms with Crippen molar-refractivity contribution in [1.29, 1.82) is 0 Å². The Hall–Kier alpha value is -2.10. The summed E-state index contributed by atoms with van der Waals surface area (Å²) in [5.41, 5.74) is 8.41. The molecule has 1 heterocycles. The number of allylic oxidation sites excluding steroid dienone is 1. The quantitative estimate of drug-likeness (QED) is 0.0346. The summed E-state index contributed by atoms with van der Waals surface area (Å²) < 4.78 is 23.1. The minimum atomic E-state index is -0.0625. The maximum atomic E-state index is 12.3. The molecule has 0 aromatic heterocycles. The molecule has 0 aromatic carbocycles. The van der Waals surface area contributed by atoms with Gasteiger partial charge in [0.15, 0.2) is 0 Å². The molecule has 1 fully saturated rings. The molecule has 3 unspecified atom stereocenters. The number of carbonyl (C=O) groups excluding carboxylic acids is 2. The summed E-state index contributed by atoms with van der Waals surface area (Å²) in [6.45, 7) is 17.2. The molecular weight excluding hydrogens is 723 g/mol. The Kier molecular flexibility index (Phi) is 38.7. The van der Waals surface area contributed by atoms with Crippen LogP contribution in [0.5, 0.6) is 0 Å². The zero-order valence-electron chi connectivity index (χ0n) is 38.3. The van der Waals surface area contributed by atoms with Gasteiger partial charge in [-0.05, 0) is 94.6 Å². The average molecular weight is 814 g/mol. The fraction of sp³-hybridized carbons (Fsp3) is 0.863. The van der Waals surface area contributed by atoms with Crippen LogP contribution < -0.4 is 0 Å². The third-order valence-corrected chi connectivity index (χ3v) is 11.7. The molecule has 3 atom stereocenters. The molecule has 0 spiro atoms. The third kappa shape index (κ3) is 35.8. The Morgan fingerprint density at radius 1 is 0.621 bits per heavy atom. The maximum absolute atomic E-state index is 12.3. The van der Waals surface area contributed by atoms with E-state index in [1.807, 2.05) is 6.08 Å². The van der Waals surface area contributed by atoms with E-state index < -0.39 is 0 Å². The fourth-order valence-corrected chi connectivity index (χ4v) is 7.78. The smallest absolute Gasteiger partial charge is 0.305 e. The van der Waals surface area contributed by atoms with E-state index in [9.17, 15) is 9.59 Å². The van der Waals surface area contributed by atoms with Crippen molar-refractivity contribution in [3.05, 3.63) is 29.8 Å². The lowest BCUT2D eigenvalue weighted by Crippen LogP contribution is -2.36. The normalized spacial score (nSPS) is 14.5. The first-order valence-electron chi connectivity index (χ1n) is 24.6. The predicted octanol–water partition coefficient (Wildman–Crippen LogP) is 13.4. The molecule has 7 nitrogen and oxygen atoms in total. The molecule has 1 aliphatic heterocycles. The molecule has 1 rings (SSSR count). The minimum absolute atomic E-state index is 0.0135. The van der Waals surface area contributed by atoms with E-state index in [2.05, 4.69) is 49.4 Å². The number of carbonyl (C=O) groups is 2. The maximum Gasteiger partial charge on any atom is 0.305 e. The predicted molar refractivity (Wildman–Crippen MR) is 242 cm³/mol. The molecule has 0 N–H and O–H groups in total. The molecule has 58 heavy (non-hydrogen) atoms. The SMILES string of the molecule is C=C=C=C=CC(CCCCC)CCOC(=O)CCCCCCCCCC(CCCCCCCCCC(=O)OCCC(C)CCCCC)OCCCCN1CCOCC1. The number of hydrogen-bond acceptors (Lipinski definition) is 7. The van der Waals surface area contributed by atoms with E-state index in [4.69, 9.17) is 18.9 Å². The number of morpholine rings is 1. The monoisotopic (exact) mass is 814 g/mol. The molecule has 0 aromatic rings. The standard InChI is InChI=1S/C51H91NO6/c1-5-8-21-30-47(4)37-43-57-50(53)35-26-19-15-11-13-17-24-33-49(56-42-29-28-39-52-40-45-55-46-41-52)34-25-18-14-12-16-20-27-36-51(54)58-44-38-48(31-22-9-6-2)32-23-10-7-3/h31,47-49H,2,5,7-8,10-21,23-30,32-46H2,1,3-4H3. The number of nitrogens with zero attached hydrogens (tertiary/aromatic N) is 1. The molecule has 7 heteroatoms. The number of hydrogen-bond donors (Lipinski definition) is 0. The molecule has 0 saturated carbocycles. The summed E-state index contributed by atoms with van der Waals surface area (Å²) in [6, 6.07) is 0. The first kappa shape index (κ1) is 53.9. The second-order valence-electron chi connectivity index (χ2n) is 17.2. The van der Waals surface area contributed by atoms with E-state index in [-0.39, 0.29) is 11.9 Å². The molecule has 1 saturated heterocycles. The van der Waals surface area contributed by atoms with E-state index in [1.54, 1.807) is 0 Å². The van der Waals surface area contributed by atoms with Crippen LogP contribution in [-0.2, 0) is 28.5 Å². The Bertz CT molecular complexity index is 1070. The van der Waals surface area contributed by atoms with Gasteiger partial charge in [-0.1, -0.05) is 154 Å².